The SMILES string of the molecule is COC(=O)CC1CN(C(=O)c2csc(C)n2)CCO1. The van der Waals surface area contributed by atoms with Crippen molar-refractivity contribution >= 4 is 23.2 Å². The fourth-order valence-electron chi connectivity index (χ4n) is 1.92. The molecule has 0 radical (unpaired) electrons. The van der Waals surface area contributed by atoms with Gasteiger partial charge in [-0.1, -0.05) is 0 Å². The van der Waals surface area contributed by atoms with E-state index in [9.17, 15) is 9.59 Å². The van der Waals surface area contributed by atoms with Crippen LogP contribution in [0.4, 0.5) is 0 Å². The summed E-state index contributed by atoms with van der Waals surface area (Å²) in [4.78, 5) is 29.3. The van der Waals surface area contributed by atoms with Crippen LogP contribution >= 0.6 is 11.3 Å². The second-order valence-electron chi connectivity index (χ2n) is 4.28. The van der Waals surface area contributed by atoms with E-state index in [2.05, 4.69) is 9.72 Å². The second-order valence-corrected chi connectivity index (χ2v) is 5.34. The normalized spacial score (nSPS) is 19.3. The summed E-state index contributed by atoms with van der Waals surface area (Å²) in [7, 11) is 1.34. The molecule has 0 saturated carbocycles. The Morgan fingerprint density at radius 3 is 3.05 bits per heavy atom. The minimum absolute atomic E-state index is 0.109. The van der Waals surface area contributed by atoms with Crippen molar-refractivity contribution in [2.45, 2.75) is 19.4 Å². The van der Waals surface area contributed by atoms with E-state index in [1.165, 1.54) is 18.4 Å². The number of hydrogen-bond donors (Lipinski definition) is 0. The molecule has 6 nitrogen and oxygen atoms in total. The van der Waals surface area contributed by atoms with E-state index in [0.29, 0.717) is 25.4 Å². The predicted molar refractivity (Wildman–Crippen MR) is 69.1 cm³/mol. The molecule has 19 heavy (non-hydrogen) atoms. The van der Waals surface area contributed by atoms with Crippen LogP contribution < -0.4 is 0 Å². The molecule has 1 amide bonds. The lowest BCUT2D eigenvalue weighted by atomic mass is 10.2. The average molecular weight is 284 g/mol. The Kier molecular flexibility index (Phi) is 4.49. The molecule has 7 heteroatoms. The number of aromatic nitrogens is 1. The van der Waals surface area contributed by atoms with Gasteiger partial charge < -0.3 is 14.4 Å². The molecule has 1 saturated heterocycles. The molecule has 1 aromatic rings. The molecule has 0 spiro atoms. The highest BCUT2D eigenvalue weighted by molar-refractivity contribution is 7.09. The first-order valence-electron chi connectivity index (χ1n) is 6.00. The fourth-order valence-corrected chi connectivity index (χ4v) is 2.51. The standard InChI is InChI=1S/C12H16N2O4S/c1-8-13-10(7-19-8)12(16)14-3-4-18-9(6-14)5-11(15)17-2/h7,9H,3-6H2,1-2H3. The summed E-state index contributed by atoms with van der Waals surface area (Å²) in [6, 6.07) is 0. The summed E-state index contributed by atoms with van der Waals surface area (Å²) in [5, 5.41) is 2.62. The topological polar surface area (TPSA) is 68.7 Å². The molecule has 0 bridgehead atoms. The van der Waals surface area contributed by atoms with Crippen molar-refractivity contribution in [1.29, 1.82) is 0 Å². The van der Waals surface area contributed by atoms with Crippen LogP contribution in [0.1, 0.15) is 21.9 Å². The number of carbonyl (C=O) groups is 2. The molecule has 2 rings (SSSR count). The van der Waals surface area contributed by atoms with Gasteiger partial charge in [-0.05, 0) is 6.92 Å². The molecule has 104 valence electrons. The first-order valence-corrected chi connectivity index (χ1v) is 6.88. The van der Waals surface area contributed by atoms with Gasteiger partial charge in [0.25, 0.3) is 5.91 Å². The molecule has 2 heterocycles. The monoisotopic (exact) mass is 284 g/mol. The van der Waals surface area contributed by atoms with E-state index >= 15 is 0 Å². The zero-order valence-corrected chi connectivity index (χ0v) is 11.7. The Labute approximate surface area is 115 Å². The number of morpholine rings is 1. The number of thiazole rings is 1. The Morgan fingerprint density at radius 1 is 1.63 bits per heavy atom. The van der Waals surface area contributed by atoms with Crippen LogP contribution in [0.3, 0.4) is 0 Å². The summed E-state index contributed by atoms with van der Waals surface area (Å²) in [6.45, 7) is 3.20. The van der Waals surface area contributed by atoms with Crippen molar-refractivity contribution in [3.8, 4) is 0 Å². The van der Waals surface area contributed by atoms with Gasteiger partial charge in [0.2, 0.25) is 0 Å². The van der Waals surface area contributed by atoms with Crippen molar-refractivity contribution in [2.75, 3.05) is 26.8 Å². The number of nitrogens with zero attached hydrogens (tertiary/aromatic N) is 2. The highest BCUT2D eigenvalue weighted by Crippen LogP contribution is 2.15. The number of amides is 1. The lowest BCUT2D eigenvalue weighted by Gasteiger charge is -2.32. The molecule has 1 aromatic heterocycles. The van der Waals surface area contributed by atoms with Crippen LogP contribution in [0.15, 0.2) is 5.38 Å². The Hall–Kier alpha value is -1.47. The highest BCUT2D eigenvalue weighted by atomic mass is 32.1. The van der Waals surface area contributed by atoms with Crippen LogP contribution in [0.25, 0.3) is 0 Å². The Bertz CT molecular complexity index is 474. The van der Waals surface area contributed by atoms with Gasteiger partial charge in [0.05, 0.1) is 31.2 Å². The third kappa shape index (κ3) is 3.51. The highest BCUT2D eigenvalue weighted by Gasteiger charge is 2.27. The van der Waals surface area contributed by atoms with Gasteiger partial charge in [-0.25, -0.2) is 4.98 Å². The van der Waals surface area contributed by atoms with Gasteiger partial charge >= 0.3 is 5.97 Å². The number of methoxy groups -OCH3 is 1. The lowest BCUT2D eigenvalue weighted by molar-refractivity contribution is -0.145. The van der Waals surface area contributed by atoms with Gasteiger partial charge in [0, 0.05) is 18.5 Å². The summed E-state index contributed by atoms with van der Waals surface area (Å²) in [6.07, 6.45) is -0.138. The van der Waals surface area contributed by atoms with Gasteiger partial charge in [-0.2, -0.15) is 0 Å². The van der Waals surface area contributed by atoms with Crippen molar-refractivity contribution in [1.82, 2.24) is 9.88 Å². The number of rotatable bonds is 3. The maximum atomic E-state index is 12.2. The van der Waals surface area contributed by atoms with Crippen LogP contribution in [-0.4, -0.2) is 54.7 Å². The molecular formula is C12H16N2O4S. The van der Waals surface area contributed by atoms with Crippen LogP contribution in [0.2, 0.25) is 0 Å². The summed E-state index contributed by atoms with van der Waals surface area (Å²) >= 11 is 1.45. The van der Waals surface area contributed by atoms with E-state index < -0.39 is 0 Å². The molecule has 1 aliphatic rings. The van der Waals surface area contributed by atoms with Crippen molar-refractivity contribution in [3.05, 3.63) is 16.1 Å². The Morgan fingerprint density at radius 2 is 2.42 bits per heavy atom. The first kappa shape index (κ1) is 14.0. The van der Waals surface area contributed by atoms with Crippen LogP contribution in [0, 0.1) is 6.92 Å². The van der Waals surface area contributed by atoms with Gasteiger partial charge in [0.15, 0.2) is 0 Å². The fraction of sp³-hybridized carbons (Fsp3) is 0.583. The molecular weight excluding hydrogens is 268 g/mol. The smallest absolute Gasteiger partial charge is 0.308 e. The van der Waals surface area contributed by atoms with Crippen molar-refractivity contribution in [2.24, 2.45) is 0 Å². The number of aryl methyl sites for hydroxylation is 1. The summed E-state index contributed by atoms with van der Waals surface area (Å²) < 4.78 is 10.1. The van der Waals surface area contributed by atoms with Crippen molar-refractivity contribution in [3.63, 3.8) is 0 Å². The van der Waals surface area contributed by atoms with Crippen LogP contribution in [0.5, 0.6) is 0 Å². The minimum atomic E-state index is -0.330. The zero-order chi connectivity index (χ0) is 13.8. The minimum Gasteiger partial charge on any atom is -0.469 e. The maximum Gasteiger partial charge on any atom is 0.308 e. The molecule has 1 aliphatic heterocycles. The zero-order valence-electron chi connectivity index (χ0n) is 10.9. The number of carbonyl (C=O) groups excluding carboxylic acids is 2. The predicted octanol–water partition coefficient (Wildman–Crippen LogP) is 0.856. The molecule has 0 aromatic carbocycles. The number of hydrogen-bond acceptors (Lipinski definition) is 6. The summed E-state index contributed by atoms with van der Waals surface area (Å²) in [5.74, 6) is -0.439. The van der Waals surface area contributed by atoms with E-state index in [1.807, 2.05) is 6.92 Å². The lowest BCUT2D eigenvalue weighted by Crippen LogP contribution is -2.46. The number of ether oxygens (including phenoxy) is 2. The molecule has 1 fully saturated rings. The van der Waals surface area contributed by atoms with E-state index in [-0.39, 0.29) is 24.4 Å². The van der Waals surface area contributed by atoms with Crippen molar-refractivity contribution < 1.29 is 19.1 Å². The number of esters is 1. The van der Waals surface area contributed by atoms with E-state index in [4.69, 9.17) is 4.74 Å². The maximum absolute atomic E-state index is 12.2. The van der Waals surface area contributed by atoms with E-state index in [1.54, 1.807) is 10.3 Å². The third-order valence-electron chi connectivity index (χ3n) is 2.89. The molecule has 1 atom stereocenters. The molecule has 0 N–H and O–H groups in total. The quantitative estimate of drug-likeness (QED) is 0.770. The van der Waals surface area contributed by atoms with Gasteiger partial charge in [0.1, 0.15) is 5.69 Å². The first-order chi connectivity index (χ1) is 9.10. The molecule has 1 unspecified atom stereocenters. The second kappa shape index (κ2) is 6.12. The van der Waals surface area contributed by atoms with Crippen LogP contribution in [-0.2, 0) is 14.3 Å². The summed E-state index contributed by atoms with van der Waals surface area (Å²) in [5.41, 5.74) is 0.459. The van der Waals surface area contributed by atoms with Gasteiger partial charge in [-0.3, -0.25) is 9.59 Å². The average Bonchev–Trinajstić information content (AvgIpc) is 2.84. The Balaban J connectivity index is 1.97. The third-order valence-corrected chi connectivity index (χ3v) is 3.66. The van der Waals surface area contributed by atoms with E-state index in [0.717, 1.165) is 5.01 Å². The largest absolute Gasteiger partial charge is 0.469 e. The molecule has 0 aliphatic carbocycles. The van der Waals surface area contributed by atoms with Gasteiger partial charge in [-0.15, -0.1) is 11.3 Å².